The molecule has 0 radical (unpaired) electrons. The number of hydrazone groups is 1. The van der Waals surface area contributed by atoms with Crippen molar-refractivity contribution in [2.45, 2.75) is 13.0 Å². The lowest BCUT2D eigenvalue weighted by atomic mass is 10.1. The standard InChI is InChI=1S/C27H30N4O6S/c1-20(22-8-5-4-6-9-22)29-27(33)19-37-24-14-12-21(13-15-24)17-28-30-26(32)18-31(38(3,34)35)23-10-7-11-25(16-23)36-2/h4-17,20H,18-19H2,1-3H3,(H,29,33)(H,30,32)/b28-17-/t20-/m0/s1. The van der Waals surface area contributed by atoms with Crippen LogP contribution in [0, 0.1) is 0 Å². The van der Waals surface area contributed by atoms with E-state index >= 15 is 0 Å². The van der Waals surface area contributed by atoms with Gasteiger partial charge in [0.15, 0.2) is 6.61 Å². The number of ether oxygens (including phenoxy) is 2. The van der Waals surface area contributed by atoms with Crippen LogP contribution in [-0.4, -0.2) is 53.0 Å². The number of sulfonamides is 1. The highest BCUT2D eigenvalue weighted by Gasteiger charge is 2.21. The molecule has 1 atom stereocenters. The van der Waals surface area contributed by atoms with Gasteiger partial charge in [-0.2, -0.15) is 5.10 Å². The van der Waals surface area contributed by atoms with Crippen molar-refractivity contribution in [3.8, 4) is 11.5 Å². The Labute approximate surface area is 222 Å². The molecule has 0 saturated heterocycles. The molecule has 0 aliphatic heterocycles. The van der Waals surface area contributed by atoms with Crippen molar-refractivity contribution >= 4 is 33.7 Å². The van der Waals surface area contributed by atoms with Gasteiger partial charge in [0, 0.05) is 6.07 Å². The molecule has 38 heavy (non-hydrogen) atoms. The molecule has 0 aliphatic carbocycles. The number of hydrogen-bond donors (Lipinski definition) is 2. The van der Waals surface area contributed by atoms with Crippen LogP contribution in [0.5, 0.6) is 11.5 Å². The number of carbonyl (C=O) groups excluding carboxylic acids is 2. The van der Waals surface area contributed by atoms with E-state index in [4.69, 9.17) is 9.47 Å². The largest absolute Gasteiger partial charge is 0.497 e. The summed E-state index contributed by atoms with van der Waals surface area (Å²) in [6, 6.07) is 22.6. The van der Waals surface area contributed by atoms with Crippen LogP contribution in [0.1, 0.15) is 24.1 Å². The second kappa shape index (κ2) is 13.2. The lowest BCUT2D eigenvalue weighted by Gasteiger charge is -2.21. The predicted octanol–water partition coefficient (Wildman–Crippen LogP) is 2.87. The molecule has 11 heteroatoms. The second-order valence-electron chi connectivity index (χ2n) is 8.32. The Morgan fingerprint density at radius 1 is 0.974 bits per heavy atom. The normalized spacial score (nSPS) is 12.0. The minimum atomic E-state index is -3.73. The first-order valence-corrected chi connectivity index (χ1v) is 13.5. The first kappa shape index (κ1) is 28.2. The molecule has 0 spiro atoms. The zero-order valence-electron chi connectivity index (χ0n) is 21.3. The number of rotatable bonds is 12. The number of methoxy groups -OCH3 is 1. The molecule has 0 fully saturated rings. The smallest absolute Gasteiger partial charge is 0.260 e. The van der Waals surface area contributed by atoms with Gasteiger partial charge in [-0.15, -0.1) is 0 Å². The number of carbonyl (C=O) groups is 2. The van der Waals surface area contributed by atoms with Crippen molar-refractivity contribution in [2.75, 3.05) is 30.8 Å². The summed E-state index contributed by atoms with van der Waals surface area (Å²) in [6.45, 7) is 1.31. The van der Waals surface area contributed by atoms with Crippen molar-refractivity contribution in [2.24, 2.45) is 5.10 Å². The maximum Gasteiger partial charge on any atom is 0.260 e. The van der Waals surface area contributed by atoms with Crippen molar-refractivity contribution in [1.82, 2.24) is 10.7 Å². The summed E-state index contributed by atoms with van der Waals surface area (Å²) < 4.78 is 36.1. The van der Waals surface area contributed by atoms with E-state index in [9.17, 15) is 18.0 Å². The van der Waals surface area contributed by atoms with Gasteiger partial charge in [-0.1, -0.05) is 36.4 Å². The Morgan fingerprint density at radius 3 is 2.34 bits per heavy atom. The highest BCUT2D eigenvalue weighted by atomic mass is 32.2. The lowest BCUT2D eigenvalue weighted by molar-refractivity contribution is -0.123. The Balaban J connectivity index is 1.49. The van der Waals surface area contributed by atoms with Gasteiger partial charge in [0.25, 0.3) is 11.8 Å². The maximum absolute atomic E-state index is 12.4. The van der Waals surface area contributed by atoms with Gasteiger partial charge in [-0.25, -0.2) is 13.8 Å². The van der Waals surface area contributed by atoms with Gasteiger partial charge in [-0.3, -0.25) is 13.9 Å². The number of anilines is 1. The van der Waals surface area contributed by atoms with Gasteiger partial charge in [0.1, 0.15) is 18.0 Å². The summed E-state index contributed by atoms with van der Waals surface area (Å²) in [5.74, 6) is 0.0946. The molecule has 3 aromatic rings. The average molecular weight is 539 g/mol. The summed E-state index contributed by atoms with van der Waals surface area (Å²) in [5.41, 5.74) is 4.28. The van der Waals surface area contributed by atoms with Gasteiger partial charge >= 0.3 is 0 Å². The van der Waals surface area contributed by atoms with Gasteiger partial charge in [-0.05, 0) is 54.4 Å². The summed E-state index contributed by atoms with van der Waals surface area (Å²) in [6.07, 6.45) is 2.42. The SMILES string of the molecule is COc1cccc(N(CC(=O)N/N=C\c2ccc(OCC(=O)N[C@@H](C)c3ccccc3)cc2)S(C)(=O)=O)c1. The molecular formula is C27H30N4O6S. The fourth-order valence-electron chi connectivity index (χ4n) is 3.42. The second-order valence-corrected chi connectivity index (χ2v) is 10.2. The minimum Gasteiger partial charge on any atom is -0.497 e. The zero-order valence-corrected chi connectivity index (χ0v) is 22.1. The highest BCUT2D eigenvalue weighted by molar-refractivity contribution is 7.92. The monoisotopic (exact) mass is 538 g/mol. The van der Waals surface area contributed by atoms with Crippen molar-refractivity contribution < 1.29 is 27.5 Å². The molecule has 0 aromatic heterocycles. The first-order valence-electron chi connectivity index (χ1n) is 11.7. The van der Waals surface area contributed by atoms with E-state index in [0.717, 1.165) is 16.1 Å². The molecule has 3 aromatic carbocycles. The number of amides is 2. The quantitative estimate of drug-likeness (QED) is 0.270. The summed E-state index contributed by atoms with van der Waals surface area (Å²) in [5, 5.41) is 6.78. The van der Waals surface area contributed by atoms with E-state index in [1.54, 1.807) is 42.5 Å². The Bertz CT molecular complexity index is 1360. The van der Waals surface area contributed by atoms with Crippen molar-refractivity contribution in [3.63, 3.8) is 0 Å². The summed E-state index contributed by atoms with van der Waals surface area (Å²) in [4.78, 5) is 24.6. The molecule has 0 saturated carbocycles. The van der Waals surface area contributed by atoms with E-state index in [2.05, 4.69) is 15.8 Å². The molecule has 0 unspecified atom stereocenters. The van der Waals surface area contributed by atoms with Crippen LogP contribution >= 0.6 is 0 Å². The van der Waals surface area contributed by atoms with Crippen LogP contribution in [0.25, 0.3) is 0 Å². The molecule has 2 N–H and O–H groups in total. The molecule has 0 aliphatic rings. The van der Waals surface area contributed by atoms with Crippen LogP contribution in [0.15, 0.2) is 84.0 Å². The molecule has 10 nitrogen and oxygen atoms in total. The van der Waals surface area contributed by atoms with E-state index in [0.29, 0.717) is 22.7 Å². The van der Waals surface area contributed by atoms with Crippen LogP contribution < -0.4 is 24.5 Å². The van der Waals surface area contributed by atoms with Crippen molar-refractivity contribution in [1.29, 1.82) is 0 Å². The van der Waals surface area contributed by atoms with E-state index < -0.39 is 22.5 Å². The van der Waals surface area contributed by atoms with Gasteiger partial charge < -0.3 is 14.8 Å². The van der Waals surface area contributed by atoms with Gasteiger partial charge in [0.05, 0.1) is 31.3 Å². The maximum atomic E-state index is 12.4. The summed E-state index contributed by atoms with van der Waals surface area (Å²) in [7, 11) is -2.26. The molecule has 2 amide bonds. The third-order valence-corrected chi connectivity index (χ3v) is 6.50. The molecular weight excluding hydrogens is 508 g/mol. The fourth-order valence-corrected chi connectivity index (χ4v) is 4.27. The molecule has 0 bridgehead atoms. The predicted molar refractivity (Wildman–Crippen MR) is 146 cm³/mol. The Kier molecular flexibility index (Phi) is 9.83. The number of hydrogen-bond acceptors (Lipinski definition) is 7. The Morgan fingerprint density at radius 2 is 1.68 bits per heavy atom. The van der Waals surface area contributed by atoms with E-state index in [1.807, 2.05) is 37.3 Å². The molecule has 200 valence electrons. The zero-order chi connectivity index (χ0) is 27.5. The van der Waals surface area contributed by atoms with E-state index in [-0.39, 0.29) is 18.6 Å². The average Bonchev–Trinajstić information content (AvgIpc) is 2.91. The molecule has 0 heterocycles. The van der Waals surface area contributed by atoms with Crippen LogP contribution in [0.3, 0.4) is 0 Å². The van der Waals surface area contributed by atoms with Crippen LogP contribution in [0.4, 0.5) is 5.69 Å². The first-order chi connectivity index (χ1) is 18.2. The third-order valence-electron chi connectivity index (χ3n) is 5.36. The third kappa shape index (κ3) is 8.63. The number of nitrogens with one attached hydrogen (secondary N) is 2. The topological polar surface area (TPSA) is 126 Å². The molecule has 3 rings (SSSR count). The summed E-state index contributed by atoms with van der Waals surface area (Å²) >= 11 is 0. The van der Waals surface area contributed by atoms with Crippen LogP contribution in [0.2, 0.25) is 0 Å². The highest BCUT2D eigenvalue weighted by Crippen LogP contribution is 2.22. The number of benzene rings is 3. The fraction of sp³-hybridized carbons (Fsp3) is 0.222. The van der Waals surface area contributed by atoms with Crippen LogP contribution in [-0.2, 0) is 19.6 Å². The van der Waals surface area contributed by atoms with Crippen molar-refractivity contribution in [3.05, 3.63) is 90.0 Å². The Hall–Kier alpha value is -4.38. The lowest BCUT2D eigenvalue weighted by Crippen LogP contribution is -2.39. The minimum absolute atomic E-state index is 0.134. The van der Waals surface area contributed by atoms with E-state index in [1.165, 1.54) is 19.4 Å². The van der Waals surface area contributed by atoms with Gasteiger partial charge in [0.2, 0.25) is 10.0 Å². The number of nitrogens with zero attached hydrogens (tertiary/aromatic N) is 2.